The highest BCUT2D eigenvalue weighted by molar-refractivity contribution is 5.74. The maximum absolute atomic E-state index is 11.7. The van der Waals surface area contributed by atoms with Crippen molar-refractivity contribution in [2.45, 2.75) is 78.0 Å². The number of hydrogen-bond donors (Lipinski definition) is 1. The molecule has 27 heavy (non-hydrogen) atoms. The van der Waals surface area contributed by atoms with Gasteiger partial charge in [-0.15, -0.1) is 0 Å². The van der Waals surface area contributed by atoms with Crippen molar-refractivity contribution in [3.05, 3.63) is 35.9 Å². The van der Waals surface area contributed by atoms with Crippen LogP contribution in [0.1, 0.15) is 52.5 Å². The Kier molecular flexibility index (Phi) is 7.83. The zero-order chi connectivity index (χ0) is 20.0. The molecular weight excluding hydrogens is 344 g/mol. The lowest BCUT2D eigenvalue weighted by Crippen LogP contribution is -2.52. The second-order valence-corrected chi connectivity index (χ2v) is 8.15. The molecule has 0 bridgehead atoms. The highest BCUT2D eigenvalue weighted by Crippen LogP contribution is 2.43. The zero-order valence-corrected chi connectivity index (χ0v) is 17.2. The van der Waals surface area contributed by atoms with Crippen LogP contribution in [0, 0.1) is 11.3 Å². The molecule has 1 aromatic rings. The lowest BCUT2D eigenvalue weighted by Gasteiger charge is -2.48. The quantitative estimate of drug-likeness (QED) is 0.699. The summed E-state index contributed by atoms with van der Waals surface area (Å²) in [6.07, 6.45) is 0.383. The van der Waals surface area contributed by atoms with E-state index in [-0.39, 0.29) is 17.6 Å². The van der Waals surface area contributed by atoms with Crippen LogP contribution in [0.5, 0.6) is 0 Å². The van der Waals surface area contributed by atoms with Gasteiger partial charge in [-0.2, -0.15) is 0 Å². The van der Waals surface area contributed by atoms with Gasteiger partial charge in [-0.25, -0.2) is 4.79 Å². The van der Waals surface area contributed by atoms with E-state index in [2.05, 4.69) is 44.6 Å². The highest BCUT2D eigenvalue weighted by Gasteiger charge is 2.46. The molecule has 1 saturated heterocycles. The van der Waals surface area contributed by atoms with E-state index in [0.29, 0.717) is 18.9 Å². The van der Waals surface area contributed by atoms with Crippen molar-refractivity contribution in [2.75, 3.05) is 7.11 Å². The number of methoxy groups -OCH3 is 1. The minimum Gasteiger partial charge on any atom is -0.467 e. The number of aliphatic hydroxyl groups is 1. The van der Waals surface area contributed by atoms with Crippen LogP contribution >= 0.6 is 0 Å². The molecule has 2 rings (SSSR count). The van der Waals surface area contributed by atoms with Gasteiger partial charge in [0.2, 0.25) is 0 Å². The van der Waals surface area contributed by atoms with E-state index in [4.69, 9.17) is 9.47 Å². The van der Waals surface area contributed by atoms with Crippen LogP contribution in [0.25, 0.3) is 0 Å². The van der Waals surface area contributed by atoms with E-state index in [9.17, 15) is 9.90 Å². The van der Waals surface area contributed by atoms with E-state index in [1.54, 1.807) is 0 Å². The number of carbonyl (C=O) groups excluding carboxylic acids is 1. The lowest BCUT2D eigenvalue weighted by molar-refractivity contribution is -0.198. The lowest BCUT2D eigenvalue weighted by atomic mass is 9.69. The van der Waals surface area contributed by atoms with Gasteiger partial charge < -0.3 is 19.3 Å². The molecular formula is C22H34O5. The van der Waals surface area contributed by atoms with Crippen LogP contribution in [-0.2, 0) is 25.6 Å². The van der Waals surface area contributed by atoms with E-state index >= 15 is 0 Å². The molecule has 0 aliphatic carbocycles. The number of hydrogen-bond acceptors (Lipinski definition) is 5. The zero-order valence-electron chi connectivity index (χ0n) is 17.2. The highest BCUT2D eigenvalue weighted by atomic mass is 16.6. The molecule has 0 radical (unpaired) electrons. The fourth-order valence-corrected chi connectivity index (χ4v) is 3.63. The van der Waals surface area contributed by atoms with Crippen molar-refractivity contribution in [1.82, 2.24) is 0 Å². The van der Waals surface area contributed by atoms with Gasteiger partial charge in [-0.1, -0.05) is 58.0 Å². The Labute approximate surface area is 163 Å². The molecule has 5 nitrogen and oxygen atoms in total. The predicted octanol–water partition coefficient (Wildman–Crippen LogP) is 3.73. The summed E-state index contributed by atoms with van der Waals surface area (Å²) in [4.78, 5) is 11.7. The number of carbonyl (C=O) groups is 1. The summed E-state index contributed by atoms with van der Waals surface area (Å²) >= 11 is 0. The molecule has 1 fully saturated rings. The maximum Gasteiger partial charge on any atom is 0.337 e. The van der Waals surface area contributed by atoms with Crippen LogP contribution < -0.4 is 0 Å². The first-order chi connectivity index (χ1) is 12.8. The normalized spacial score (nSPS) is 27.0. The Morgan fingerprint density at radius 2 is 2.00 bits per heavy atom. The Morgan fingerprint density at radius 3 is 2.59 bits per heavy atom. The third-order valence-corrected chi connectivity index (χ3v) is 6.08. The number of ether oxygens (including phenoxy) is 3. The largest absolute Gasteiger partial charge is 0.467 e. The van der Waals surface area contributed by atoms with E-state index in [1.807, 2.05) is 18.2 Å². The Balaban J connectivity index is 2.03. The number of benzene rings is 1. The SMILES string of the molecule is CC[C@@H](C[C@H]1O[C@H]([C@H](O)C(=O)OC)C[C@@H](C)C1(C)C)OCc1ccccc1. The van der Waals surface area contributed by atoms with Gasteiger partial charge >= 0.3 is 5.97 Å². The molecule has 0 spiro atoms. The molecule has 1 aliphatic heterocycles. The van der Waals surface area contributed by atoms with Crippen molar-refractivity contribution >= 4 is 5.97 Å². The molecule has 0 aromatic heterocycles. The third kappa shape index (κ3) is 5.53. The van der Waals surface area contributed by atoms with Gasteiger partial charge in [0.1, 0.15) is 0 Å². The predicted molar refractivity (Wildman–Crippen MR) is 104 cm³/mol. The Hall–Kier alpha value is -1.43. The summed E-state index contributed by atoms with van der Waals surface area (Å²) in [5, 5.41) is 10.3. The van der Waals surface area contributed by atoms with Crippen molar-refractivity contribution in [3.63, 3.8) is 0 Å². The van der Waals surface area contributed by atoms with Gasteiger partial charge in [-0.05, 0) is 29.7 Å². The number of aliphatic hydroxyl groups excluding tert-OH is 1. The minimum absolute atomic E-state index is 0.0516. The second kappa shape index (κ2) is 9.67. The first-order valence-corrected chi connectivity index (χ1v) is 9.86. The average molecular weight is 379 g/mol. The monoisotopic (exact) mass is 378 g/mol. The molecule has 1 N–H and O–H groups in total. The third-order valence-electron chi connectivity index (χ3n) is 6.08. The van der Waals surface area contributed by atoms with E-state index in [0.717, 1.165) is 18.4 Å². The van der Waals surface area contributed by atoms with Crippen LogP contribution in [0.3, 0.4) is 0 Å². The molecule has 5 heteroatoms. The topological polar surface area (TPSA) is 65.0 Å². The molecule has 0 saturated carbocycles. The number of rotatable bonds is 8. The Bertz CT molecular complexity index is 586. The maximum atomic E-state index is 11.7. The van der Waals surface area contributed by atoms with E-state index in [1.165, 1.54) is 7.11 Å². The average Bonchev–Trinajstić information content (AvgIpc) is 2.67. The molecule has 0 unspecified atom stereocenters. The molecule has 0 amide bonds. The summed E-state index contributed by atoms with van der Waals surface area (Å²) in [6.45, 7) is 9.20. The minimum atomic E-state index is -1.25. The summed E-state index contributed by atoms with van der Waals surface area (Å²) in [7, 11) is 1.28. The van der Waals surface area contributed by atoms with E-state index < -0.39 is 18.2 Å². The van der Waals surface area contributed by atoms with Gasteiger partial charge in [0.25, 0.3) is 0 Å². The van der Waals surface area contributed by atoms with Gasteiger partial charge in [0, 0.05) is 6.42 Å². The van der Waals surface area contributed by atoms with Crippen molar-refractivity contribution in [3.8, 4) is 0 Å². The van der Waals surface area contributed by atoms with Crippen LogP contribution in [0.2, 0.25) is 0 Å². The number of esters is 1. The van der Waals surface area contributed by atoms with Crippen LogP contribution in [-0.4, -0.2) is 42.6 Å². The smallest absolute Gasteiger partial charge is 0.337 e. The van der Waals surface area contributed by atoms with Crippen LogP contribution in [0.4, 0.5) is 0 Å². The van der Waals surface area contributed by atoms with Crippen LogP contribution in [0.15, 0.2) is 30.3 Å². The molecule has 1 aliphatic rings. The van der Waals surface area contributed by atoms with Gasteiger partial charge in [0.15, 0.2) is 6.10 Å². The van der Waals surface area contributed by atoms with Crippen molar-refractivity contribution < 1.29 is 24.1 Å². The first kappa shape index (κ1) is 21.9. The van der Waals surface area contributed by atoms with Gasteiger partial charge in [0.05, 0.1) is 32.0 Å². The first-order valence-electron chi connectivity index (χ1n) is 9.86. The van der Waals surface area contributed by atoms with Crippen molar-refractivity contribution in [1.29, 1.82) is 0 Å². The van der Waals surface area contributed by atoms with Gasteiger partial charge in [-0.3, -0.25) is 0 Å². The Morgan fingerprint density at radius 1 is 1.33 bits per heavy atom. The second-order valence-electron chi connectivity index (χ2n) is 8.15. The summed E-state index contributed by atoms with van der Waals surface area (Å²) in [5.74, 6) is -0.342. The molecule has 1 aromatic carbocycles. The fraction of sp³-hybridized carbons (Fsp3) is 0.682. The fourth-order valence-electron chi connectivity index (χ4n) is 3.63. The molecule has 152 valence electrons. The molecule has 1 heterocycles. The molecule has 5 atom stereocenters. The standard InChI is InChI=1S/C22H34O5/c1-6-17(26-14-16-10-8-7-9-11-16)13-19-22(3,4)15(2)12-18(27-19)20(23)21(24)25-5/h7-11,15,17-20,23H,6,12-14H2,1-5H3/t15-,17+,18+,19-,20+/m1/s1. The summed E-state index contributed by atoms with van der Waals surface area (Å²) in [5.41, 5.74) is 1.07. The summed E-state index contributed by atoms with van der Waals surface area (Å²) in [6, 6.07) is 10.1. The summed E-state index contributed by atoms with van der Waals surface area (Å²) < 4.78 is 17.0. The van der Waals surface area contributed by atoms with Crippen molar-refractivity contribution in [2.24, 2.45) is 11.3 Å².